The van der Waals surface area contributed by atoms with Crippen LogP contribution in [-0.2, 0) is 6.54 Å². The first kappa shape index (κ1) is 23.7. The molecular formula is C27H30FN7O. The highest BCUT2D eigenvalue weighted by molar-refractivity contribution is 6.13. The fraction of sp³-hybridized carbons (Fsp3) is 0.296. The summed E-state index contributed by atoms with van der Waals surface area (Å²) in [5, 5.41) is 12.0. The van der Waals surface area contributed by atoms with Crippen molar-refractivity contribution in [2.24, 2.45) is 0 Å². The van der Waals surface area contributed by atoms with Crippen LogP contribution in [0, 0.1) is 12.7 Å². The number of pyridine rings is 1. The van der Waals surface area contributed by atoms with Gasteiger partial charge in [-0.15, -0.1) is 13.2 Å². The van der Waals surface area contributed by atoms with Gasteiger partial charge >= 0.3 is 0 Å². The number of aryl methyl sites for hydroxylation is 1. The van der Waals surface area contributed by atoms with Crippen molar-refractivity contribution in [1.29, 1.82) is 0 Å². The van der Waals surface area contributed by atoms with E-state index in [-0.39, 0.29) is 11.6 Å². The van der Waals surface area contributed by atoms with Gasteiger partial charge in [-0.1, -0.05) is 12.2 Å². The van der Waals surface area contributed by atoms with Gasteiger partial charge in [0, 0.05) is 54.9 Å². The van der Waals surface area contributed by atoms with E-state index < -0.39 is 5.82 Å². The number of hydrogen-bond donors (Lipinski definition) is 2. The van der Waals surface area contributed by atoms with Crippen molar-refractivity contribution in [1.82, 2.24) is 24.5 Å². The van der Waals surface area contributed by atoms with Crippen LogP contribution in [0.2, 0.25) is 0 Å². The monoisotopic (exact) mass is 487 g/mol. The van der Waals surface area contributed by atoms with Crippen LogP contribution < -0.4 is 15.5 Å². The third-order valence-corrected chi connectivity index (χ3v) is 6.46. The molecular weight excluding hydrogens is 457 g/mol. The molecule has 1 aliphatic rings. The van der Waals surface area contributed by atoms with Crippen LogP contribution in [0.1, 0.15) is 28.9 Å². The van der Waals surface area contributed by atoms with Gasteiger partial charge in [0.25, 0.3) is 5.91 Å². The summed E-state index contributed by atoms with van der Waals surface area (Å²) in [6.45, 7) is 12.6. The quantitative estimate of drug-likeness (QED) is 0.272. The van der Waals surface area contributed by atoms with Gasteiger partial charge < -0.3 is 19.9 Å². The normalized spacial score (nSPS) is 15.6. The lowest BCUT2D eigenvalue weighted by Crippen LogP contribution is -2.33. The van der Waals surface area contributed by atoms with E-state index in [0.29, 0.717) is 35.0 Å². The first-order chi connectivity index (χ1) is 17.5. The molecule has 1 atom stereocenters. The van der Waals surface area contributed by atoms with Gasteiger partial charge in [0.15, 0.2) is 11.5 Å². The second-order valence-corrected chi connectivity index (χ2v) is 9.14. The minimum atomic E-state index is -0.498. The molecule has 1 fully saturated rings. The summed E-state index contributed by atoms with van der Waals surface area (Å²) in [6, 6.07) is 5.47. The molecule has 0 saturated carbocycles. The van der Waals surface area contributed by atoms with Crippen molar-refractivity contribution in [3.05, 3.63) is 79.2 Å². The molecule has 0 spiro atoms. The predicted octanol–water partition coefficient (Wildman–Crippen LogP) is 4.31. The number of fused-ring (bicyclic) bond motifs is 2. The number of aromatic nitrogens is 4. The van der Waals surface area contributed by atoms with Gasteiger partial charge in [0.1, 0.15) is 5.52 Å². The summed E-state index contributed by atoms with van der Waals surface area (Å²) in [6.07, 6.45) is 11.0. The number of anilines is 2. The molecule has 4 heterocycles. The number of carbonyl (C=O) groups is 1. The van der Waals surface area contributed by atoms with Crippen LogP contribution in [0.5, 0.6) is 0 Å². The lowest BCUT2D eigenvalue weighted by Gasteiger charge is -2.20. The number of amides is 1. The van der Waals surface area contributed by atoms with Crippen LogP contribution in [0.25, 0.3) is 16.6 Å². The molecule has 36 heavy (non-hydrogen) atoms. The molecule has 1 aromatic carbocycles. The molecule has 0 radical (unpaired) electrons. The van der Waals surface area contributed by atoms with Gasteiger partial charge in [0.05, 0.1) is 23.5 Å². The lowest BCUT2D eigenvalue weighted by atomic mass is 10.1. The number of nitrogens with one attached hydrogen (secondary N) is 2. The maximum atomic E-state index is 14.5. The lowest BCUT2D eigenvalue weighted by molar-refractivity contribution is 0.102. The van der Waals surface area contributed by atoms with Crippen LogP contribution in [0.3, 0.4) is 0 Å². The Morgan fingerprint density at radius 3 is 2.92 bits per heavy atom. The van der Waals surface area contributed by atoms with Crippen LogP contribution >= 0.6 is 0 Å². The fourth-order valence-electron chi connectivity index (χ4n) is 4.80. The number of imidazole rings is 1. The summed E-state index contributed by atoms with van der Waals surface area (Å²) in [7, 11) is 0. The van der Waals surface area contributed by atoms with Crippen molar-refractivity contribution in [3.8, 4) is 0 Å². The van der Waals surface area contributed by atoms with Crippen molar-refractivity contribution in [2.45, 2.75) is 32.4 Å². The smallest absolute Gasteiger partial charge is 0.257 e. The maximum absolute atomic E-state index is 14.5. The van der Waals surface area contributed by atoms with Crippen molar-refractivity contribution < 1.29 is 9.18 Å². The van der Waals surface area contributed by atoms with E-state index in [0.717, 1.165) is 43.5 Å². The molecule has 4 aromatic rings. The number of hydrogen-bond acceptors (Lipinski definition) is 5. The van der Waals surface area contributed by atoms with Crippen LogP contribution in [0.15, 0.2) is 62.1 Å². The van der Waals surface area contributed by atoms with E-state index in [9.17, 15) is 9.18 Å². The van der Waals surface area contributed by atoms with Gasteiger partial charge in [-0.05, 0) is 38.4 Å². The fourth-order valence-corrected chi connectivity index (χ4v) is 4.80. The summed E-state index contributed by atoms with van der Waals surface area (Å²) in [4.78, 5) is 19.8. The van der Waals surface area contributed by atoms with E-state index in [1.54, 1.807) is 40.5 Å². The molecule has 1 saturated heterocycles. The standard InChI is InChI=1S/C27H30FN7O/c1-4-6-10-29-19-9-12-33(15-19)24-8-7-21(25-22(24)17-35(32-25)11-5-2)27(36)31-20-13-23(28)26-30-18(3)14-34(26)16-20/h4-5,7-8,13-14,16-17,19,29H,1-2,6,9-12,15H2,3H3,(H,31,36). The van der Waals surface area contributed by atoms with Gasteiger partial charge in [0.2, 0.25) is 0 Å². The van der Waals surface area contributed by atoms with Crippen LogP contribution in [-0.4, -0.2) is 50.7 Å². The summed E-state index contributed by atoms with van der Waals surface area (Å²) in [5.41, 5.74) is 3.35. The zero-order valence-corrected chi connectivity index (χ0v) is 20.4. The predicted molar refractivity (Wildman–Crippen MR) is 141 cm³/mol. The van der Waals surface area contributed by atoms with E-state index in [4.69, 9.17) is 0 Å². The van der Waals surface area contributed by atoms with Gasteiger partial charge in [-0.25, -0.2) is 9.37 Å². The average molecular weight is 488 g/mol. The minimum absolute atomic E-state index is 0.225. The van der Waals surface area contributed by atoms with Crippen molar-refractivity contribution in [2.75, 3.05) is 29.9 Å². The number of allylic oxidation sites excluding steroid dienone is 1. The highest BCUT2D eigenvalue weighted by atomic mass is 19.1. The highest BCUT2D eigenvalue weighted by Gasteiger charge is 2.26. The Morgan fingerprint density at radius 2 is 2.11 bits per heavy atom. The Morgan fingerprint density at radius 1 is 1.25 bits per heavy atom. The van der Waals surface area contributed by atoms with E-state index in [1.165, 1.54) is 6.07 Å². The maximum Gasteiger partial charge on any atom is 0.257 e. The Kier molecular flexibility index (Phi) is 6.56. The minimum Gasteiger partial charge on any atom is -0.369 e. The van der Waals surface area contributed by atoms with E-state index >= 15 is 0 Å². The number of carbonyl (C=O) groups excluding carboxylic acids is 1. The largest absolute Gasteiger partial charge is 0.369 e. The average Bonchev–Trinajstić information content (AvgIpc) is 3.57. The Bertz CT molecular complexity index is 1450. The van der Waals surface area contributed by atoms with Gasteiger partial charge in [-0.2, -0.15) is 5.10 Å². The Labute approximate surface area is 209 Å². The Balaban J connectivity index is 1.44. The molecule has 186 valence electrons. The molecule has 1 unspecified atom stereocenters. The van der Waals surface area contributed by atoms with Crippen molar-refractivity contribution >= 4 is 33.8 Å². The molecule has 9 heteroatoms. The molecule has 1 amide bonds. The molecule has 0 aliphatic carbocycles. The second-order valence-electron chi connectivity index (χ2n) is 9.14. The van der Waals surface area contributed by atoms with Crippen LogP contribution in [0.4, 0.5) is 15.8 Å². The summed E-state index contributed by atoms with van der Waals surface area (Å²) >= 11 is 0. The third-order valence-electron chi connectivity index (χ3n) is 6.46. The number of nitrogens with zero attached hydrogens (tertiary/aromatic N) is 5. The summed E-state index contributed by atoms with van der Waals surface area (Å²) < 4.78 is 17.9. The Hall–Kier alpha value is -3.98. The van der Waals surface area contributed by atoms with Gasteiger partial charge in [-0.3, -0.25) is 9.48 Å². The van der Waals surface area contributed by atoms with Crippen molar-refractivity contribution in [3.63, 3.8) is 0 Å². The SMILES string of the molecule is C=CCCNC1CCN(c2ccc(C(=O)Nc3cc(F)c4nc(C)cn4c3)c3nn(CC=C)cc23)C1. The number of benzene rings is 1. The summed E-state index contributed by atoms with van der Waals surface area (Å²) in [5.74, 6) is -0.849. The second kappa shape index (κ2) is 9.94. The molecule has 5 rings (SSSR count). The molecule has 8 nitrogen and oxygen atoms in total. The zero-order valence-electron chi connectivity index (χ0n) is 20.4. The molecule has 1 aliphatic heterocycles. The first-order valence-corrected chi connectivity index (χ1v) is 12.1. The molecule has 0 bridgehead atoms. The number of rotatable bonds is 9. The zero-order chi connectivity index (χ0) is 25.2. The molecule has 3 aromatic heterocycles. The third kappa shape index (κ3) is 4.61. The number of halogens is 1. The van der Waals surface area contributed by atoms with E-state index in [2.05, 4.69) is 38.8 Å². The van der Waals surface area contributed by atoms with E-state index in [1.807, 2.05) is 18.3 Å². The topological polar surface area (TPSA) is 79.5 Å². The highest BCUT2D eigenvalue weighted by Crippen LogP contribution is 2.32. The first-order valence-electron chi connectivity index (χ1n) is 12.1. The molecule has 2 N–H and O–H groups in total.